The van der Waals surface area contributed by atoms with Crippen molar-refractivity contribution < 1.29 is 14.2 Å². The fraction of sp³-hybridized carbons (Fsp3) is 1.00. The average Bonchev–Trinajstić information content (AvgIpc) is 2.42. The molecule has 108 valence electrons. The zero-order valence-electron chi connectivity index (χ0n) is 12.0. The molecule has 1 rings (SSSR count). The van der Waals surface area contributed by atoms with Gasteiger partial charge in [0.1, 0.15) is 0 Å². The Hall–Kier alpha value is -0.200. The summed E-state index contributed by atoms with van der Waals surface area (Å²) in [5, 5.41) is 3.40. The third-order valence-corrected chi connectivity index (χ3v) is 3.56. The van der Waals surface area contributed by atoms with Crippen molar-refractivity contribution in [2.24, 2.45) is 5.92 Å². The molecule has 0 amide bonds. The first kappa shape index (κ1) is 15.9. The molecule has 0 aliphatic carbocycles. The van der Waals surface area contributed by atoms with Gasteiger partial charge < -0.3 is 19.5 Å². The van der Waals surface area contributed by atoms with Crippen LogP contribution in [0, 0.1) is 5.92 Å². The highest BCUT2D eigenvalue weighted by Crippen LogP contribution is 2.16. The highest BCUT2D eigenvalue weighted by Gasteiger charge is 2.26. The van der Waals surface area contributed by atoms with E-state index in [1.807, 2.05) is 7.05 Å². The number of hydrogen-bond acceptors (Lipinski definition) is 5. The van der Waals surface area contributed by atoms with Crippen molar-refractivity contribution in [2.75, 3.05) is 67.3 Å². The van der Waals surface area contributed by atoms with E-state index in [1.54, 1.807) is 14.2 Å². The van der Waals surface area contributed by atoms with Gasteiger partial charge in [-0.15, -0.1) is 0 Å². The molecule has 5 heteroatoms. The monoisotopic (exact) mass is 260 g/mol. The minimum Gasteiger partial charge on any atom is -0.383 e. The maximum absolute atomic E-state index is 5.59. The zero-order chi connectivity index (χ0) is 13.2. The lowest BCUT2D eigenvalue weighted by molar-refractivity contribution is 0.0112. The molecule has 0 aromatic heterocycles. The van der Waals surface area contributed by atoms with Crippen molar-refractivity contribution in [3.8, 4) is 0 Å². The summed E-state index contributed by atoms with van der Waals surface area (Å²) in [6.45, 7) is 6.20. The van der Waals surface area contributed by atoms with E-state index >= 15 is 0 Å². The number of nitrogens with one attached hydrogen (secondary N) is 1. The molecule has 2 atom stereocenters. The van der Waals surface area contributed by atoms with Crippen molar-refractivity contribution in [3.63, 3.8) is 0 Å². The number of rotatable bonds is 9. The lowest BCUT2D eigenvalue weighted by Gasteiger charge is -2.35. The lowest BCUT2D eigenvalue weighted by atomic mass is 9.95. The fourth-order valence-corrected chi connectivity index (χ4v) is 2.42. The van der Waals surface area contributed by atoms with Gasteiger partial charge in [-0.25, -0.2) is 0 Å². The summed E-state index contributed by atoms with van der Waals surface area (Å²) in [4.78, 5) is 2.40. The third kappa shape index (κ3) is 5.63. The summed E-state index contributed by atoms with van der Waals surface area (Å²) in [5.74, 6) is 0.553. The van der Waals surface area contributed by atoms with E-state index in [4.69, 9.17) is 14.2 Å². The maximum atomic E-state index is 5.59. The van der Waals surface area contributed by atoms with Gasteiger partial charge in [-0.3, -0.25) is 4.90 Å². The molecular formula is C13H28N2O3. The van der Waals surface area contributed by atoms with E-state index in [-0.39, 0.29) is 0 Å². The van der Waals surface area contributed by atoms with Crippen molar-refractivity contribution in [3.05, 3.63) is 0 Å². The summed E-state index contributed by atoms with van der Waals surface area (Å²) in [6, 6.07) is 0.561. The maximum Gasteiger partial charge on any atom is 0.0589 e. The first-order chi connectivity index (χ1) is 8.81. The number of hydrogen-bond donors (Lipinski definition) is 1. The third-order valence-electron chi connectivity index (χ3n) is 3.56. The molecule has 1 fully saturated rings. The van der Waals surface area contributed by atoms with Crippen molar-refractivity contribution in [1.29, 1.82) is 0 Å². The van der Waals surface area contributed by atoms with Crippen LogP contribution in [0.3, 0.4) is 0 Å². The first-order valence-corrected chi connectivity index (χ1v) is 6.77. The molecule has 0 aromatic rings. The summed E-state index contributed by atoms with van der Waals surface area (Å²) >= 11 is 0. The van der Waals surface area contributed by atoms with Crippen LogP contribution in [0.5, 0.6) is 0 Å². The van der Waals surface area contributed by atoms with Gasteiger partial charge in [0.2, 0.25) is 0 Å². The van der Waals surface area contributed by atoms with Gasteiger partial charge in [-0.2, -0.15) is 0 Å². The highest BCUT2D eigenvalue weighted by atomic mass is 16.5. The Bertz CT molecular complexity index is 197. The Balaban J connectivity index is 2.40. The fourth-order valence-electron chi connectivity index (χ4n) is 2.42. The SMILES string of the molecule is CNC1CCOCC1CN(CCOC)CCOC. The number of methoxy groups -OCH3 is 2. The minimum absolute atomic E-state index is 0.553. The molecule has 0 bridgehead atoms. The molecule has 1 aliphatic heterocycles. The van der Waals surface area contributed by atoms with Gasteiger partial charge in [0.25, 0.3) is 0 Å². The van der Waals surface area contributed by atoms with Crippen LogP contribution in [0.4, 0.5) is 0 Å². The van der Waals surface area contributed by atoms with E-state index in [1.165, 1.54) is 0 Å². The Morgan fingerprint density at radius 2 is 1.89 bits per heavy atom. The topological polar surface area (TPSA) is 43.0 Å². The predicted molar refractivity (Wildman–Crippen MR) is 72.0 cm³/mol. The molecule has 0 radical (unpaired) electrons. The van der Waals surface area contributed by atoms with Gasteiger partial charge in [-0.05, 0) is 13.5 Å². The normalized spacial score (nSPS) is 24.7. The molecule has 18 heavy (non-hydrogen) atoms. The molecular weight excluding hydrogens is 232 g/mol. The molecule has 0 aromatic carbocycles. The summed E-state index contributed by atoms with van der Waals surface area (Å²) in [5.41, 5.74) is 0. The predicted octanol–water partition coefficient (Wildman–Crippen LogP) is 0.206. The Morgan fingerprint density at radius 1 is 1.22 bits per heavy atom. The minimum atomic E-state index is 0.553. The van der Waals surface area contributed by atoms with E-state index in [2.05, 4.69) is 10.2 Å². The van der Waals surface area contributed by atoms with Gasteiger partial charge in [0.15, 0.2) is 0 Å². The molecule has 0 saturated carbocycles. The largest absolute Gasteiger partial charge is 0.383 e. The van der Waals surface area contributed by atoms with E-state index in [0.29, 0.717) is 12.0 Å². The van der Waals surface area contributed by atoms with E-state index in [9.17, 15) is 0 Å². The second-order valence-corrected chi connectivity index (χ2v) is 4.81. The second-order valence-electron chi connectivity index (χ2n) is 4.81. The van der Waals surface area contributed by atoms with Crippen molar-refractivity contribution >= 4 is 0 Å². The Kier molecular flexibility index (Phi) is 8.54. The van der Waals surface area contributed by atoms with Crippen molar-refractivity contribution in [1.82, 2.24) is 10.2 Å². The summed E-state index contributed by atoms with van der Waals surface area (Å²) < 4.78 is 15.9. The quantitative estimate of drug-likeness (QED) is 0.642. The van der Waals surface area contributed by atoms with Crippen LogP contribution in [-0.4, -0.2) is 78.3 Å². The molecule has 1 heterocycles. The number of ether oxygens (including phenoxy) is 3. The zero-order valence-corrected chi connectivity index (χ0v) is 12.0. The molecule has 1 N–H and O–H groups in total. The van der Waals surface area contributed by atoms with Gasteiger partial charge in [0.05, 0.1) is 19.8 Å². The van der Waals surface area contributed by atoms with Crippen LogP contribution in [-0.2, 0) is 14.2 Å². The summed E-state index contributed by atoms with van der Waals surface area (Å²) in [7, 11) is 5.53. The van der Waals surface area contributed by atoms with Crippen LogP contribution >= 0.6 is 0 Å². The molecule has 0 spiro atoms. The second kappa shape index (κ2) is 9.69. The molecule has 2 unspecified atom stereocenters. The number of nitrogens with zero attached hydrogens (tertiary/aromatic N) is 1. The molecule has 1 saturated heterocycles. The summed E-state index contributed by atoms with van der Waals surface area (Å²) in [6.07, 6.45) is 1.10. The van der Waals surface area contributed by atoms with Crippen LogP contribution in [0.1, 0.15) is 6.42 Å². The van der Waals surface area contributed by atoms with Crippen LogP contribution in [0.25, 0.3) is 0 Å². The highest BCUT2D eigenvalue weighted by molar-refractivity contribution is 4.81. The van der Waals surface area contributed by atoms with Crippen LogP contribution in [0.2, 0.25) is 0 Å². The van der Waals surface area contributed by atoms with E-state index < -0.39 is 0 Å². The molecule has 1 aliphatic rings. The molecule has 5 nitrogen and oxygen atoms in total. The van der Waals surface area contributed by atoms with E-state index in [0.717, 1.165) is 52.5 Å². The smallest absolute Gasteiger partial charge is 0.0589 e. The van der Waals surface area contributed by atoms with Gasteiger partial charge in [0, 0.05) is 52.4 Å². The standard InChI is InChI=1S/C13H28N2O3/c1-14-13-4-7-18-11-12(13)10-15(5-8-16-2)6-9-17-3/h12-14H,4-11H2,1-3H3. The van der Waals surface area contributed by atoms with Gasteiger partial charge >= 0.3 is 0 Å². The van der Waals surface area contributed by atoms with Gasteiger partial charge in [-0.1, -0.05) is 0 Å². The Labute approximate surface area is 111 Å². The lowest BCUT2D eigenvalue weighted by Crippen LogP contribution is -2.47. The van der Waals surface area contributed by atoms with Crippen LogP contribution < -0.4 is 5.32 Å². The Morgan fingerprint density at radius 3 is 2.44 bits per heavy atom. The average molecular weight is 260 g/mol. The van der Waals surface area contributed by atoms with Crippen molar-refractivity contribution in [2.45, 2.75) is 12.5 Å². The first-order valence-electron chi connectivity index (χ1n) is 6.77. The van der Waals surface area contributed by atoms with Crippen LogP contribution in [0.15, 0.2) is 0 Å².